The maximum atomic E-state index is 11.5. The topological polar surface area (TPSA) is 110 Å². The summed E-state index contributed by atoms with van der Waals surface area (Å²) in [4.78, 5) is 26.6. The Hall–Kier alpha value is -2.81. The zero-order chi connectivity index (χ0) is 13.1. The quantitative estimate of drug-likeness (QED) is 0.701. The van der Waals surface area contributed by atoms with E-state index in [2.05, 4.69) is 4.98 Å². The molecule has 1 aromatic heterocycles. The van der Waals surface area contributed by atoms with Gasteiger partial charge in [0.2, 0.25) is 5.88 Å². The molecule has 6 nitrogen and oxygen atoms in total. The van der Waals surface area contributed by atoms with Crippen molar-refractivity contribution in [3.05, 3.63) is 61.8 Å². The van der Waals surface area contributed by atoms with Crippen LogP contribution in [-0.2, 0) is 6.42 Å². The van der Waals surface area contributed by atoms with Crippen LogP contribution in [0.15, 0.2) is 33.9 Å². The summed E-state index contributed by atoms with van der Waals surface area (Å²) in [6.45, 7) is 0. The van der Waals surface area contributed by atoms with Crippen molar-refractivity contribution in [2.24, 2.45) is 0 Å². The lowest BCUT2D eigenvalue weighted by Gasteiger charge is -2.03. The lowest BCUT2D eigenvalue weighted by Crippen LogP contribution is -2.25. The van der Waals surface area contributed by atoms with Gasteiger partial charge in [0.05, 0.1) is 17.2 Å². The minimum Gasteiger partial charge on any atom is -0.494 e. The van der Waals surface area contributed by atoms with Crippen LogP contribution >= 0.6 is 0 Å². The van der Waals surface area contributed by atoms with E-state index in [9.17, 15) is 14.7 Å². The maximum absolute atomic E-state index is 11.5. The summed E-state index contributed by atoms with van der Waals surface area (Å²) in [6, 6.07) is 8.65. The Morgan fingerprint density at radius 1 is 1.28 bits per heavy atom. The van der Waals surface area contributed by atoms with Gasteiger partial charge in [0.15, 0.2) is 0 Å². The first kappa shape index (κ1) is 11.7. The Labute approximate surface area is 101 Å². The van der Waals surface area contributed by atoms with Gasteiger partial charge in [-0.05, 0) is 17.7 Å². The van der Waals surface area contributed by atoms with Crippen molar-refractivity contribution in [2.75, 3.05) is 0 Å². The molecule has 0 bridgehead atoms. The smallest absolute Gasteiger partial charge is 0.328 e. The number of hydrogen-bond acceptors (Lipinski definition) is 4. The molecule has 1 aromatic carbocycles. The summed E-state index contributed by atoms with van der Waals surface area (Å²) >= 11 is 0. The number of aromatic nitrogens is 2. The molecule has 0 aliphatic carbocycles. The SMILES string of the molecule is N#Cc1cccc(Cc2c(O)[nH]c(=O)[nH]c2=O)c1. The molecule has 0 unspecified atom stereocenters. The van der Waals surface area contributed by atoms with Crippen molar-refractivity contribution in [3.63, 3.8) is 0 Å². The number of nitrogens with zero attached hydrogens (tertiary/aromatic N) is 1. The first-order valence-electron chi connectivity index (χ1n) is 5.13. The number of nitrogens with one attached hydrogen (secondary N) is 2. The summed E-state index contributed by atoms with van der Waals surface area (Å²) in [5.41, 5.74) is -0.176. The zero-order valence-corrected chi connectivity index (χ0v) is 9.23. The van der Waals surface area contributed by atoms with Crippen LogP contribution in [0.1, 0.15) is 16.7 Å². The van der Waals surface area contributed by atoms with Gasteiger partial charge >= 0.3 is 5.69 Å². The minimum absolute atomic E-state index is 0.0599. The average Bonchev–Trinajstić information content (AvgIpc) is 2.34. The molecule has 0 saturated carbocycles. The van der Waals surface area contributed by atoms with Crippen molar-refractivity contribution in [1.82, 2.24) is 9.97 Å². The predicted molar refractivity (Wildman–Crippen MR) is 63.3 cm³/mol. The molecule has 2 rings (SSSR count). The fourth-order valence-electron chi connectivity index (χ4n) is 1.62. The molecular weight excluding hydrogens is 234 g/mol. The first-order valence-corrected chi connectivity index (χ1v) is 5.13. The van der Waals surface area contributed by atoms with Crippen LogP contribution in [0.4, 0.5) is 0 Å². The molecular formula is C12H9N3O3. The molecule has 6 heteroatoms. The van der Waals surface area contributed by atoms with Crippen LogP contribution in [0, 0.1) is 11.3 Å². The van der Waals surface area contributed by atoms with E-state index < -0.39 is 17.1 Å². The number of hydrogen-bond donors (Lipinski definition) is 3. The number of nitriles is 1. The monoisotopic (exact) mass is 243 g/mol. The Morgan fingerprint density at radius 3 is 2.72 bits per heavy atom. The van der Waals surface area contributed by atoms with Crippen LogP contribution in [0.2, 0.25) is 0 Å². The third-order valence-electron chi connectivity index (χ3n) is 2.46. The Morgan fingerprint density at radius 2 is 2.06 bits per heavy atom. The van der Waals surface area contributed by atoms with Gasteiger partial charge < -0.3 is 5.11 Å². The van der Waals surface area contributed by atoms with Crippen LogP contribution in [-0.4, -0.2) is 15.1 Å². The first-order chi connectivity index (χ1) is 8.60. The van der Waals surface area contributed by atoms with Gasteiger partial charge in [0, 0.05) is 6.42 Å². The number of H-pyrrole nitrogens is 2. The molecule has 0 spiro atoms. The normalized spacial score (nSPS) is 9.94. The van der Waals surface area contributed by atoms with Crippen molar-refractivity contribution < 1.29 is 5.11 Å². The number of rotatable bonds is 2. The van der Waals surface area contributed by atoms with E-state index in [4.69, 9.17) is 5.26 Å². The molecule has 1 heterocycles. The molecule has 0 fully saturated rings. The van der Waals surface area contributed by atoms with Crippen molar-refractivity contribution >= 4 is 0 Å². The van der Waals surface area contributed by atoms with E-state index in [-0.39, 0.29) is 12.0 Å². The number of aromatic amines is 2. The third-order valence-corrected chi connectivity index (χ3v) is 2.46. The lowest BCUT2D eigenvalue weighted by molar-refractivity contribution is 0.441. The summed E-state index contributed by atoms with van der Waals surface area (Å²) < 4.78 is 0. The second-order valence-electron chi connectivity index (χ2n) is 3.72. The van der Waals surface area contributed by atoms with Gasteiger partial charge in [0.25, 0.3) is 5.56 Å². The molecule has 0 amide bonds. The van der Waals surface area contributed by atoms with Gasteiger partial charge in [-0.3, -0.25) is 14.8 Å². The molecule has 0 saturated heterocycles. The van der Waals surface area contributed by atoms with Crippen LogP contribution in [0.25, 0.3) is 0 Å². The van der Waals surface area contributed by atoms with E-state index in [0.717, 1.165) is 0 Å². The standard InChI is InChI=1S/C12H9N3O3/c13-6-8-3-1-2-7(4-8)5-9-10(16)14-12(18)15-11(9)17/h1-4H,5H2,(H3,14,15,16,17,18). The molecule has 18 heavy (non-hydrogen) atoms. The molecule has 0 atom stereocenters. The molecule has 3 N–H and O–H groups in total. The maximum Gasteiger partial charge on any atom is 0.328 e. The van der Waals surface area contributed by atoms with Crippen molar-refractivity contribution in [3.8, 4) is 11.9 Å². The summed E-state index contributed by atoms with van der Waals surface area (Å²) in [6.07, 6.45) is 0.132. The summed E-state index contributed by atoms with van der Waals surface area (Å²) in [7, 11) is 0. The molecule has 90 valence electrons. The van der Waals surface area contributed by atoms with E-state index in [1.54, 1.807) is 24.3 Å². The Balaban J connectivity index is 2.44. The van der Waals surface area contributed by atoms with E-state index >= 15 is 0 Å². The van der Waals surface area contributed by atoms with Crippen molar-refractivity contribution in [2.45, 2.75) is 6.42 Å². The summed E-state index contributed by atoms with van der Waals surface area (Å²) in [5.74, 6) is -0.453. The Kier molecular flexibility index (Phi) is 2.98. The second kappa shape index (κ2) is 4.59. The molecule has 2 aromatic rings. The van der Waals surface area contributed by atoms with Gasteiger partial charge in [-0.25, -0.2) is 4.79 Å². The summed E-state index contributed by atoms with van der Waals surface area (Å²) in [5, 5.41) is 18.3. The van der Waals surface area contributed by atoms with Gasteiger partial charge in [-0.1, -0.05) is 12.1 Å². The fraction of sp³-hybridized carbons (Fsp3) is 0.0833. The Bertz CT molecular complexity index is 737. The largest absolute Gasteiger partial charge is 0.494 e. The highest BCUT2D eigenvalue weighted by Gasteiger charge is 2.09. The third kappa shape index (κ3) is 2.30. The fourth-order valence-corrected chi connectivity index (χ4v) is 1.62. The molecule has 0 aliphatic rings. The zero-order valence-electron chi connectivity index (χ0n) is 9.23. The van der Waals surface area contributed by atoms with Gasteiger partial charge in [-0.15, -0.1) is 0 Å². The van der Waals surface area contributed by atoms with Crippen LogP contribution < -0.4 is 11.2 Å². The van der Waals surface area contributed by atoms with E-state index in [1.165, 1.54) is 0 Å². The second-order valence-corrected chi connectivity index (χ2v) is 3.72. The predicted octanol–water partition coefficient (Wildman–Crippen LogP) is 0.231. The van der Waals surface area contributed by atoms with E-state index in [1.807, 2.05) is 11.1 Å². The van der Waals surface area contributed by atoms with E-state index in [0.29, 0.717) is 11.1 Å². The van der Waals surface area contributed by atoms with Gasteiger partial charge in [-0.2, -0.15) is 5.26 Å². The van der Waals surface area contributed by atoms with Gasteiger partial charge in [0.1, 0.15) is 0 Å². The van der Waals surface area contributed by atoms with Crippen molar-refractivity contribution in [1.29, 1.82) is 5.26 Å². The van der Waals surface area contributed by atoms with Crippen LogP contribution in [0.3, 0.4) is 0 Å². The van der Waals surface area contributed by atoms with Crippen LogP contribution in [0.5, 0.6) is 5.88 Å². The molecule has 0 radical (unpaired) electrons. The average molecular weight is 243 g/mol. The molecule has 0 aliphatic heterocycles. The number of benzene rings is 1. The number of aromatic hydroxyl groups is 1. The highest BCUT2D eigenvalue weighted by Crippen LogP contribution is 2.13. The highest BCUT2D eigenvalue weighted by molar-refractivity contribution is 5.36. The highest BCUT2D eigenvalue weighted by atomic mass is 16.3. The minimum atomic E-state index is -0.757. The lowest BCUT2D eigenvalue weighted by atomic mass is 10.0.